The Balaban J connectivity index is 2.18. The first-order valence-corrected chi connectivity index (χ1v) is 7.41. The summed E-state index contributed by atoms with van der Waals surface area (Å²) in [6.45, 7) is 2.02. The Morgan fingerprint density at radius 1 is 1.25 bits per heavy atom. The maximum absolute atomic E-state index is 5.96. The fourth-order valence-electron chi connectivity index (χ4n) is 2.43. The highest BCUT2D eigenvalue weighted by molar-refractivity contribution is 9.10. The number of hydrogen-bond donors (Lipinski definition) is 1. The standard InChI is InChI=1S/C16H16BrN3/c1-11(18)8-13-9-14(17)6-7-16(13)20-15-5-3-2-4-12(15)10-19-20/h2-7,9-11H,8,18H2,1H3. The Labute approximate surface area is 126 Å². The van der Waals surface area contributed by atoms with Gasteiger partial charge in [0.15, 0.2) is 0 Å². The maximum Gasteiger partial charge on any atom is 0.0741 e. The molecule has 2 aromatic carbocycles. The van der Waals surface area contributed by atoms with Gasteiger partial charge in [-0.15, -0.1) is 0 Å². The molecule has 3 aromatic rings. The molecule has 2 N–H and O–H groups in total. The van der Waals surface area contributed by atoms with Crippen molar-refractivity contribution in [2.45, 2.75) is 19.4 Å². The molecule has 4 heteroatoms. The van der Waals surface area contributed by atoms with Crippen LogP contribution in [0.4, 0.5) is 0 Å². The lowest BCUT2D eigenvalue weighted by Crippen LogP contribution is -2.19. The van der Waals surface area contributed by atoms with Crippen molar-refractivity contribution >= 4 is 26.8 Å². The minimum atomic E-state index is 0.116. The molecule has 1 aromatic heterocycles. The zero-order chi connectivity index (χ0) is 14.1. The van der Waals surface area contributed by atoms with Crippen LogP contribution in [0.15, 0.2) is 53.1 Å². The van der Waals surface area contributed by atoms with Crippen LogP contribution in [-0.4, -0.2) is 15.8 Å². The number of fused-ring (bicyclic) bond motifs is 1. The van der Waals surface area contributed by atoms with Gasteiger partial charge in [-0.25, -0.2) is 4.68 Å². The van der Waals surface area contributed by atoms with Crippen molar-refractivity contribution in [2.24, 2.45) is 5.73 Å². The molecule has 0 amide bonds. The molecule has 0 aliphatic heterocycles. The second-order valence-corrected chi connectivity index (χ2v) is 5.99. The van der Waals surface area contributed by atoms with Crippen molar-refractivity contribution in [1.29, 1.82) is 0 Å². The van der Waals surface area contributed by atoms with Crippen molar-refractivity contribution in [1.82, 2.24) is 9.78 Å². The van der Waals surface area contributed by atoms with E-state index in [4.69, 9.17) is 5.73 Å². The first kappa shape index (κ1) is 13.3. The molecule has 0 fully saturated rings. The molecule has 20 heavy (non-hydrogen) atoms. The van der Waals surface area contributed by atoms with E-state index < -0.39 is 0 Å². The Kier molecular flexibility index (Phi) is 3.59. The summed E-state index contributed by atoms with van der Waals surface area (Å²) in [5.74, 6) is 0. The molecule has 0 spiro atoms. The quantitative estimate of drug-likeness (QED) is 0.796. The van der Waals surface area contributed by atoms with Crippen molar-refractivity contribution < 1.29 is 0 Å². The third-order valence-corrected chi connectivity index (χ3v) is 3.78. The molecule has 3 rings (SSSR count). The Hall–Kier alpha value is -1.65. The predicted octanol–water partition coefficient (Wildman–Crippen LogP) is 3.68. The molecular weight excluding hydrogens is 314 g/mol. The van der Waals surface area contributed by atoms with Crippen LogP contribution in [0.2, 0.25) is 0 Å². The van der Waals surface area contributed by atoms with Crippen LogP contribution in [0.3, 0.4) is 0 Å². The van der Waals surface area contributed by atoms with Gasteiger partial charge in [-0.3, -0.25) is 0 Å². The van der Waals surface area contributed by atoms with Gasteiger partial charge in [-0.2, -0.15) is 5.10 Å². The van der Waals surface area contributed by atoms with Crippen LogP contribution in [0.25, 0.3) is 16.6 Å². The van der Waals surface area contributed by atoms with Gasteiger partial charge in [0.2, 0.25) is 0 Å². The third-order valence-electron chi connectivity index (χ3n) is 3.29. The van der Waals surface area contributed by atoms with Crippen molar-refractivity contribution in [3.8, 4) is 5.69 Å². The molecular formula is C16H16BrN3. The second kappa shape index (κ2) is 5.38. The summed E-state index contributed by atoms with van der Waals surface area (Å²) in [6, 6.07) is 14.6. The van der Waals surface area contributed by atoms with Gasteiger partial charge >= 0.3 is 0 Å². The fraction of sp³-hybridized carbons (Fsp3) is 0.188. The summed E-state index contributed by atoms with van der Waals surface area (Å²) in [7, 11) is 0. The van der Waals surface area contributed by atoms with E-state index >= 15 is 0 Å². The minimum absolute atomic E-state index is 0.116. The zero-order valence-electron chi connectivity index (χ0n) is 11.3. The molecule has 0 saturated heterocycles. The second-order valence-electron chi connectivity index (χ2n) is 5.07. The summed E-state index contributed by atoms with van der Waals surface area (Å²) in [4.78, 5) is 0. The third kappa shape index (κ3) is 2.49. The maximum atomic E-state index is 5.96. The number of hydrogen-bond acceptors (Lipinski definition) is 2. The van der Waals surface area contributed by atoms with E-state index in [1.54, 1.807) is 0 Å². The highest BCUT2D eigenvalue weighted by atomic mass is 79.9. The van der Waals surface area contributed by atoms with Crippen LogP contribution in [0, 0.1) is 0 Å². The molecule has 102 valence electrons. The Morgan fingerprint density at radius 3 is 2.85 bits per heavy atom. The highest BCUT2D eigenvalue weighted by Gasteiger charge is 2.11. The van der Waals surface area contributed by atoms with Crippen LogP contribution in [0.5, 0.6) is 0 Å². The number of aromatic nitrogens is 2. The van der Waals surface area contributed by atoms with Crippen LogP contribution >= 0.6 is 15.9 Å². The monoisotopic (exact) mass is 329 g/mol. The number of nitrogens with zero attached hydrogens (tertiary/aromatic N) is 2. The molecule has 0 aliphatic rings. The van der Waals surface area contributed by atoms with Crippen LogP contribution in [-0.2, 0) is 6.42 Å². The molecule has 1 atom stereocenters. The van der Waals surface area contributed by atoms with E-state index in [2.05, 4.69) is 45.3 Å². The van der Waals surface area contributed by atoms with E-state index in [0.717, 1.165) is 27.5 Å². The van der Waals surface area contributed by atoms with Crippen LogP contribution < -0.4 is 5.73 Å². The van der Waals surface area contributed by atoms with E-state index in [-0.39, 0.29) is 6.04 Å². The van der Waals surface area contributed by atoms with E-state index in [1.807, 2.05) is 36.0 Å². The molecule has 0 saturated carbocycles. The molecule has 0 aliphatic carbocycles. The number of benzene rings is 2. The molecule has 1 heterocycles. The lowest BCUT2D eigenvalue weighted by atomic mass is 10.1. The largest absolute Gasteiger partial charge is 0.328 e. The van der Waals surface area contributed by atoms with Gasteiger partial charge in [-0.05, 0) is 43.2 Å². The fourth-order valence-corrected chi connectivity index (χ4v) is 2.84. The average Bonchev–Trinajstić information content (AvgIpc) is 2.82. The smallest absolute Gasteiger partial charge is 0.0741 e. The van der Waals surface area contributed by atoms with Gasteiger partial charge < -0.3 is 5.73 Å². The van der Waals surface area contributed by atoms with E-state index in [0.29, 0.717) is 0 Å². The van der Waals surface area contributed by atoms with E-state index in [1.165, 1.54) is 5.56 Å². The van der Waals surface area contributed by atoms with Gasteiger partial charge in [-0.1, -0.05) is 34.1 Å². The summed E-state index contributed by atoms with van der Waals surface area (Å²) in [5, 5.41) is 5.66. The lowest BCUT2D eigenvalue weighted by Gasteiger charge is -2.13. The summed E-state index contributed by atoms with van der Waals surface area (Å²) in [5.41, 5.74) is 9.36. The van der Waals surface area contributed by atoms with Gasteiger partial charge in [0.05, 0.1) is 17.4 Å². The van der Waals surface area contributed by atoms with Crippen molar-refractivity contribution in [3.63, 3.8) is 0 Å². The summed E-state index contributed by atoms with van der Waals surface area (Å²) < 4.78 is 3.05. The number of halogens is 1. The zero-order valence-corrected chi connectivity index (χ0v) is 12.8. The van der Waals surface area contributed by atoms with Gasteiger partial charge in [0, 0.05) is 15.9 Å². The van der Waals surface area contributed by atoms with Gasteiger partial charge in [0.25, 0.3) is 0 Å². The van der Waals surface area contributed by atoms with Crippen molar-refractivity contribution in [3.05, 3.63) is 58.7 Å². The number of rotatable bonds is 3. The topological polar surface area (TPSA) is 43.8 Å². The molecule has 1 unspecified atom stereocenters. The van der Waals surface area contributed by atoms with Crippen LogP contribution in [0.1, 0.15) is 12.5 Å². The first-order valence-electron chi connectivity index (χ1n) is 6.62. The average molecular weight is 330 g/mol. The van der Waals surface area contributed by atoms with Gasteiger partial charge in [0.1, 0.15) is 0 Å². The normalized spacial score (nSPS) is 12.8. The number of nitrogens with two attached hydrogens (primary N) is 1. The van der Waals surface area contributed by atoms with E-state index in [9.17, 15) is 0 Å². The molecule has 3 nitrogen and oxygen atoms in total. The molecule has 0 radical (unpaired) electrons. The first-order chi connectivity index (χ1) is 9.65. The predicted molar refractivity (Wildman–Crippen MR) is 86.1 cm³/mol. The summed E-state index contributed by atoms with van der Waals surface area (Å²) >= 11 is 3.53. The lowest BCUT2D eigenvalue weighted by molar-refractivity contribution is 0.729. The Bertz CT molecular complexity index is 746. The van der Waals surface area contributed by atoms with Crippen molar-refractivity contribution in [2.75, 3.05) is 0 Å². The highest BCUT2D eigenvalue weighted by Crippen LogP contribution is 2.24. The molecule has 0 bridgehead atoms. The number of para-hydroxylation sites is 1. The summed E-state index contributed by atoms with van der Waals surface area (Å²) in [6.07, 6.45) is 2.72. The Morgan fingerprint density at radius 2 is 2.05 bits per heavy atom. The minimum Gasteiger partial charge on any atom is -0.328 e. The SMILES string of the molecule is CC(N)Cc1cc(Br)ccc1-n1ncc2ccccc21.